The highest BCUT2D eigenvalue weighted by Gasteiger charge is 2.38. The van der Waals surface area contributed by atoms with Crippen LogP contribution in [0.5, 0.6) is 0 Å². The normalized spacial score (nSPS) is 16.9. The van der Waals surface area contributed by atoms with E-state index in [1.807, 2.05) is 24.0 Å². The number of carbonyl (C=O) groups is 1. The lowest BCUT2D eigenvalue weighted by Crippen LogP contribution is -2.52. The van der Waals surface area contributed by atoms with Crippen LogP contribution in [0.1, 0.15) is 17.0 Å². The second-order valence-electron chi connectivity index (χ2n) is 7.09. The Hall–Kier alpha value is -1.58. The molecule has 1 aliphatic rings. The van der Waals surface area contributed by atoms with Gasteiger partial charge >= 0.3 is 6.18 Å². The van der Waals surface area contributed by atoms with Crippen LogP contribution in [0.25, 0.3) is 0 Å². The van der Waals surface area contributed by atoms with Gasteiger partial charge in [-0.3, -0.25) is 9.58 Å². The maximum atomic E-state index is 13.0. The highest BCUT2D eigenvalue weighted by molar-refractivity contribution is 9.10. The molecule has 1 saturated heterocycles. The van der Waals surface area contributed by atoms with E-state index in [0.29, 0.717) is 13.1 Å². The number of anilines is 1. The van der Waals surface area contributed by atoms with Crippen LogP contribution in [0.3, 0.4) is 0 Å². The van der Waals surface area contributed by atoms with Crippen LogP contribution in [-0.4, -0.2) is 53.2 Å². The molecule has 158 valence electrons. The maximum Gasteiger partial charge on any atom is 0.436 e. The molecule has 0 N–H and O–H groups in total. The zero-order chi connectivity index (χ0) is 21.3. The SMILES string of the molecule is Cc1cc(N2CCN(C(C=O)Cn3nc(C(F)(F)F)c(Cl)c3C)CC2)ccc1Br. The van der Waals surface area contributed by atoms with Crippen molar-refractivity contribution in [2.45, 2.75) is 32.6 Å². The van der Waals surface area contributed by atoms with Gasteiger partial charge in [-0.2, -0.15) is 18.3 Å². The first kappa shape index (κ1) is 22.1. The summed E-state index contributed by atoms with van der Waals surface area (Å²) >= 11 is 9.30. The second-order valence-corrected chi connectivity index (χ2v) is 8.32. The van der Waals surface area contributed by atoms with Crippen molar-refractivity contribution in [1.82, 2.24) is 14.7 Å². The third kappa shape index (κ3) is 4.78. The van der Waals surface area contributed by atoms with Gasteiger partial charge in [0.15, 0.2) is 5.69 Å². The summed E-state index contributed by atoms with van der Waals surface area (Å²) in [5.41, 5.74) is 1.34. The van der Waals surface area contributed by atoms with Crippen LogP contribution >= 0.6 is 27.5 Å². The van der Waals surface area contributed by atoms with E-state index in [-0.39, 0.29) is 12.2 Å². The van der Waals surface area contributed by atoms with E-state index in [9.17, 15) is 18.0 Å². The monoisotopic (exact) mass is 492 g/mol. The van der Waals surface area contributed by atoms with Gasteiger partial charge in [-0.05, 0) is 37.6 Å². The number of nitrogens with zero attached hydrogens (tertiary/aromatic N) is 4. The fourth-order valence-corrected chi connectivity index (χ4v) is 3.93. The summed E-state index contributed by atoms with van der Waals surface area (Å²) in [7, 11) is 0. The molecule has 0 aliphatic carbocycles. The van der Waals surface area contributed by atoms with E-state index in [4.69, 9.17) is 11.6 Å². The Bertz CT molecular complexity index is 894. The number of hydrogen-bond donors (Lipinski definition) is 0. The van der Waals surface area contributed by atoms with E-state index in [1.54, 1.807) is 0 Å². The predicted molar refractivity (Wildman–Crippen MR) is 109 cm³/mol. The topological polar surface area (TPSA) is 41.4 Å². The van der Waals surface area contributed by atoms with Crippen LogP contribution in [0.4, 0.5) is 18.9 Å². The third-order valence-corrected chi connectivity index (χ3v) is 6.55. The molecule has 1 aliphatic heterocycles. The predicted octanol–water partition coefficient (Wildman–Crippen LogP) is 4.32. The molecule has 0 saturated carbocycles. The number of benzene rings is 1. The number of rotatable bonds is 5. The summed E-state index contributed by atoms with van der Waals surface area (Å²) in [6.07, 6.45) is -3.86. The number of hydrogen-bond acceptors (Lipinski definition) is 4. The molecule has 5 nitrogen and oxygen atoms in total. The molecule has 2 heterocycles. The maximum absolute atomic E-state index is 13.0. The molecule has 0 radical (unpaired) electrons. The summed E-state index contributed by atoms with van der Waals surface area (Å²) in [5.74, 6) is 0. The van der Waals surface area contributed by atoms with Crippen molar-refractivity contribution in [3.63, 3.8) is 0 Å². The van der Waals surface area contributed by atoms with Crippen LogP contribution in [-0.2, 0) is 17.5 Å². The van der Waals surface area contributed by atoms with Gasteiger partial charge in [0, 0.05) is 36.3 Å². The average Bonchev–Trinajstić information content (AvgIpc) is 2.97. The lowest BCUT2D eigenvalue weighted by molar-refractivity contribution is -0.141. The van der Waals surface area contributed by atoms with Crippen molar-refractivity contribution in [2.75, 3.05) is 31.1 Å². The minimum Gasteiger partial charge on any atom is -0.369 e. The molecule has 0 amide bonds. The van der Waals surface area contributed by atoms with Crippen LogP contribution in [0.2, 0.25) is 5.02 Å². The Morgan fingerprint density at radius 3 is 2.41 bits per heavy atom. The molecular weight excluding hydrogens is 473 g/mol. The molecule has 2 aromatic rings. The van der Waals surface area contributed by atoms with E-state index < -0.39 is 22.9 Å². The van der Waals surface area contributed by atoms with Crippen molar-refractivity contribution < 1.29 is 18.0 Å². The van der Waals surface area contributed by atoms with Crippen molar-refractivity contribution in [3.8, 4) is 0 Å². The molecular formula is C19H21BrClF3N4O. The van der Waals surface area contributed by atoms with E-state index in [2.05, 4.69) is 32.0 Å². The van der Waals surface area contributed by atoms with Crippen molar-refractivity contribution in [1.29, 1.82) is 0 Å². The lowest BCUT2D eigenvalue weighted by atomic mass is 10.1. The fraction of sp³-hybridized carbons (Fsp3) is 0.474. The average molecular weight is 494 g/mol. The number of halogens is 5. The molecule has 0 spiro atoms. The van der Waals surface area contributed by atoms with Crippen molar-refractivity contribution in [2.24, 2.45) is 0 Å². The minimum absolute atomic E-state index is 0.0303. The fourth-order valence-electron chi connectivity index (χ4n) is 3.44. The van der Waals surface area contributed by atoms with Gasteiger partial charge in [-0.25, -0.2) is 0 Å². The van der Waals surface area contributed by atoms with E-state index >= 15 is 0 Å². The lowest BCUT2D eigenvalue weighted by Gasteiger charge is -2.38. The number of aromatic nitrogens is 2. The minimum atomic E-state index is -4.63. The summed E-state index contributed by atoms with van der Waals surface area (Å²) < 4.78 is 41.3. The van der Waals surface area contributed by atoms with Gasteiger partial charge in [0.1, 0.15) is 6.29 Å². The number of aldehydes is 1. The van der Waals surface area contributed by atoms with Crippen LogP contribution in [0.15, 0.2) is 22.7 Å². The third-order valence-electron chi connectivity index (χ3n) is 5.21. The number of alkyl halides is 3. The molecule has 1 unspecified atom stereocenters. The zero-order valence-corrected chi connectivity index (χ0v) is 18.4. The van der Waals surface area contributed by atoms with Crippen LogP contribution < -0.4 is 4.90 Å². The Morgan fingerprint density at radius 1 is 1.24 bits per heavy atom. The summed E-state index contributed by atoms with van der Waals surface area (Å²) in [6, 6.07) is 5.58. The quantitative estimate of drug-likeness (QED) is 0.582. The molecule has 0 bridgehead atoms. The summed E-state index contributed by atoms with van der Waals surface area (Å²) in [4.78, 5) is 15.9. The van der Waals surface area contributed by atoms with Gasteiger partial charge in [0.2, 0.25) is 0 Å². The van der Waals surface area contributed by atoms with Crippen molar-refractivity contribution >= 4 is 39.5 Å². The Labute approximate surface area is 180 Å². The van der Waals surface area contributed by atoms with Gasteiger partial charge in [-0.15, -0.1) is 0 Å². The van der Waals surface area contributed by atoms with Gasteiger partial charge in [0.25, 0.3) is 0 Å². The first-order valence-electron chi connectivity index (χ1n) is 9.12. The Balaban J connectivity index is 1.68. The molecule has 29 heavy (non-hydrogen) atoms. The van der Waals surface area contributed by atoms with E-state index in [0.717, 1.165) is 35.1 Å². The largest absolute Gasteiger partial charge is 0.436 e. The number of piperazine rings is 1. The molecule has 1 fully saturated rings. The molecule has 1 atom stereocenters. The van der Waals surface area contributed by atoms with E-state index in [1.165, 1.54) is 11.6 Å². The highest BCUT2D eigenvalue weighted by Crippen LogP contribution is 2.35. The Kier molecular flexibility index (Phi) is 6.60. The van der Waals surface area contributed by atoms with Gasteiger partial charge in [-0.1, -0.05) is 27.5 Å². The zero-order valence-electron chi connectivity index (χ0n) is 16.0. The highest BCUT2D eigenvalue weighted by atomic mass is 79.9. The summed E-state index contributed by atoms with van der Waals surface area (Å²) in [6.45, 7) is 6.22. The molecule has 10 heteroatoms. The first-order chi connectivity index (χ1) is 13.6. The van der Waals surface area contributed by atoms with Crippen molar-refractivity contribution in [3.05, 3.63) is 44.6 Å². The molecule has 1 aromatic heterocycles. The summed E-state index contributed by atoms with van der Waals surface area (Å²) in [5, 5.41) is 3.18. The standard InChI is InChI=1S/C19H21BrClF3N4O/c1-12-9-14(3-4-16(12)20)26-5-7-27(8-6-26)15(11-29)10-28-13(2)17(21)18(25-28)19(22,23)24/h3-4,9,11,15H,5-8,10H2,1-2H3. The molecule has 1 aromatic carbocycles. The number of carbonyl (C=O) groups excluding carboxylic acids is 1. The second kappa shape index (κ2) is 8.65. The number of aryl methyl sites for hydroxylation is 1. The molecule has 3 rings (SSSR count). The smallest absolute Gasteiger partial charge is 0.369 e. The Morgan fingerprint density at radius 2 is 1.90 bits per heavy atom. The van der Waals surface area contributed by atoms with Gasteiger partial charge < -0.3 is 9.69 Å². The van der Waals surface area contributed by atoms with Gasteiger partial charge in [0.05, 0.1) is 23.3 Å². The first-order valence-corrected chi connectivity index (χ1v) is 10.3. The van der Waals surface area contributed by atoms with Crippen LogP contribution in [0, 0.1) is 13.8 Å².